The zero-order valence-electron chi connectivity index (χ0n) is 8.83. The Bertz CT molecular complexity index is 399. The van der Waals surface area contributed by atoms with E-state index in [9.17, 15) is 4.79 Å². The van der Waals surface area contributed by atoms with Crippen LogP contribution in [0.15, 0.2) is 27.4 Å². The Labute approximate surface area is 103 Å². The van der Waals surface area contributed by atoms with Gasteiger partial charge in [-0.2, -0.15) is 0 Å². The van der Waals surface area contributed by atoms with Gasteiger partial charge in [0.25, 0.3) is 0 Å². The lowest BCUT2D eigenvalue weighted by Gasteiger charge is -2.18. The first kappa shape index (κ1) is 13.1. The monoisotopic (exact) mass is 263 g/mol. The fourth-order valence-electron chi connectivity index (χ4n) is 1.22. The van der Waals surface area contributed by atoms with Crippen LogP contribution in [0.1, 0.15) is 13.8 Å². The molecule has 1 rings (SSSR count). The molecule has 0 aliphatic heterocycles. The van der Waals surface area contributed by atoms with Gasteiger partial charge in [-0.25, -0.2) is 4.79 Å². The second-order valence-electron chi connectivity index (χ2n) is 3.16. The van der Waals surface area contributed by atoms with Gasteiger partial charge in [-0.05, 0) is 25.5 Å². The maximum Gasteiger partial charge on any atom is 0.333 e. The summed E-state index contributed by atoms with van der Waals surface area (Å²) < 4.78 is 0. The van der Waals surface area contributed by atoms with Gasteiger partial charge in [0.05, 0.1) is 10.6 Å². The second kappa shape index (κ2) is 5.37. The molecule has 0 fully saturated rings. The largest absolute Gasteiger partial charge is 0.478 e. The number of alkyl halides is 1. The summed E-state index contributed by atoms with van der Waals surface area (Å²) >= 11 is 11.9. The zero-order chi connectivity index (χ0) is 12.3. The minimum atomic E-state index is -1.09. The van der Waals surface area contributed by atoms with Gasteiger partial charge in [0.15, 0.2) is 0 Å². The number of hydrogen-bond donors (Lipinski definition) is 1. The first-order valence-corrected chi connectivity index (χ1v) is 5.46. The van der Waals surface area contributed by atoms with E-state index in [-0.39, 0.29) is 11.3 Å². The molecule has 16 heavy (non-hydrogen) atoms. The van der Waals surface area contributed by atoms with Gasteiger partial charge in [-0.15, -0.1) is 11.6 Å². The van der Waals surface area contributed by atoms with Crippen molar-refractivity contribution in [3.8, 4) is 0 Å². The molecule has 0 aromatic heterocycles. The standard InChI is InChI=1S/C10H11Cl2NO3/c1-3-16-13-9-7(11)5(2)4-6(8(9)12)10(14)15/h4,8H,3H2,1-2H3,(H,14,15). The Balaban J connectivity index is 3.15. The van der Waals surface area contributed by atoms with Gasteiger partial charge in [-0.1, -0.05) is 16.8 Å². The second-order valence-corrected chi connectivity index (χ2v) is 3.97. The summed E-state index contributed by atoms with van der Waals surface area (Å²) in [5.74, 6) is -1.09. The molecule has 0 saturated heterocycles. The molecule has 0 aromatic rings. The van der Waals surface area contributed by atoms with Gasteiger partial charge in [0.1, 0.15) is 17.7 Å². The first-order chi connectivity index (χ1) is 7.49. The summed E-state index contributed by atoms with van der Waals surface area (Å²) in [5, 5.41) is 12.1. The summed E-state index contributed by atoms with van der Waals surface area (Å²) in [6.07, 6.45) is 1.44. The van der Waals surface area contributed by atoms with Gasteiger partial charge in [0.2, 0.25) is 0 Å². The number of halogens is 2. The third kappa shape index (κ3) is 2.57. The number of carbonyl (C=O) groups is 1. The third-order valence-electron chi connectivity index (χ3n) is 2.00. The number of rotatable bonds is 3. The molecule has 0 saturated carbocycles. The lowest BCUT2D eigenvalue weighted by atomic mass is 9.98. The van der Waals surface area contributed by atoms with Crippen LogP contribution in [0.5, 0.6) is 0 Å². The molecule has 1 N–H and O–H groups in total. The smallest absolute Gasteiger partial charge is 0.333 e. The molecule has 0 radical (unpaired) electrons. The summed E-state index contributed by atoms with van der Waals surface area (Å²) in [5.41, 5.74) is 0.888. The number of oxime groups is 1. The predicted octanol–water partition coefficient (Wildman–Crippen LogP) is 2.52. The fraction of sp³-hybridized carbons (Fsp3) is 0.400. The summed E-state index contributed by atoms with van der Waals surface area (Å²) in [7, 11) is 0. The molecule has 4 nitrogen and oxygen atoms in total. The van der Waals surface area contributed by atoms with Gasteiger partial charge in [0, 0.05) is 0 Å². The Kier molecular flexibility index (Phi) is 4.38. The molecule has 6 heteroatoms. The van der Waals surface area contributed by atoms with E-state index in [1.165, 1.54) is 6.08 Å². The van der Waals surface area contributed by atoms with E-state index in [2.05, 4.69) is 5.16 Å². The molecule has 0 amide bonds. The van der Waals surface area contributed by atoms with Crippen LogP contribution in [0.25, 0.3) is 0 Å². The lowest BCUT2D eigenvalue weighted by Crippen LogP contribution is -2.26. The molecular formula is C10H11Cl2NO3. The maximum atomic E-state index is 10.9. The fourth-order valence-corrected chi connectivity index (χ4v) is 1.78. The average Bonchev–Trinajstić information content (AvgIpc) is 2.23. The van der Waals surface area contributed by atoms with Crippen molar-refractivity contribution in [1.82, 2.24) is 0 Å². The van der Waals surface area contributed by atoms with Crippen molar-refractivity contribution in [2.45, 2.75) is 19.2 Å². The highest BCUT2D eigenvalue weighted by Gasteiger charge is 2.30. The van der Waals surface area contributed by atoms with E-state index in [1.54, 1.807) is 13.8 Å². The molecule has 1 aliphatic carbocycles. The van der Waals surface area contributed by atoms with E-state index in [0.29, 0.717) is 17.2 Å². The van der Waals surface area contributed by atoms with Gasteiger partial charge >= 0.3 is 5.97 Å². The molecule has 0 aromatic carbocycles. The highest BCUT2D eigenvalue weighted by atomic mass is 35.5. The summed E-state index contributed by atoms with van der Waals surface area (Å²) in [4.78, 5) is 15.8. The van der Waals surface area contributed by atoms with Crippen molar-refractivity contribution in [1.29, 1.82) is 0 Å². The van der Waals surface area contributed by atoms with Crippen LogP contribution in [0.2, 0.25) is 0 Å². The lowest BCUT2D eigenvalue weighted by molar-refractivity contribution is -0.132. The molecule has 0 bridgehead atoms. The van der Waals surface area contributed by atoms with E-state index in [1.807, 2.05) is 0 Å². The molecule has 1 atom stereocenters. The Morgan fingerprint density at radius 3 is 2.81 bits per heavy atom. The highest BCUT2D eigenvalue weighted by molar-refractivity contribution is 6.52. The molecule has 0 spiro atoms. The van der Waals surface area contributed by atoms with Crippen LogP contribution >= 0.6 is 23.2 Å². The number of carboxylic acids is 1. The van der Waals surface area contributed by atoms with Crippen LogP contribution in [0.3, 0.4) is 0 Å². The van der Waals surface area contributed by atoms with E-state index < -0.39 is 11.3 Å². The zero-order valence-corrected chi connectivity index (χ0v) is 10.3. The molecule has 1 aliphatic rings. The molecule has 1 unspecified atom stereocenters. The third-order valence-corrected chi connectivity index (χ3v) is 2.93. The van der Waals surface area contributed by atoms with Crippen molar-refractivity contribution in [3.63, 3.8) is 0 Å². The van der Waals surface area contributed by atoms with Crippen molar-refractivity contribution < 1.29 is 14.7 Å². The Morgan fingerprint density at radius 1 is 1.69 bits per heavy atom. The quantitative estimate of drug-likeness (QED) is 0.629. The van der Waals surface area contributed by atoms with Crippen LogP contribution in [0, 0.1) is 0 Å². The van der Waals surface area contributed by atoms with Crippen molar-refractivity contribution in [3.05, 3.63) is 22.3 Å². The first-order valence-electron chi connectivity index (χ1n) is 4.64. The predicted molar refractivity (Wildman–Crippen MR) is 63.0 cm³/mol. The number of aliphatic carboxylic acids is 1. The van der Waals surface area contributed by atoms with Crippen molar-refractivity contribution in [2.75, 3.05) is 6.61 Å². The highest BCUT2D eigenvalue weighted by Crippen LogP contribution is 2.28. The minimum absolute atomic E-state index is 0.0435. The molecule has 88 valence electrons. The topological polar surface area (TPSA) is 58.9 Å². The van der Waals surface area contributed by atoms with Crippen LogP contribution < -0.4 is 0 Å². The van der Waals surface area contributed by atoms with Crippen LogP contribution in [-0.4, -0.2) is 28.8 Å². The van der Waals surface area contributed by atoms with E-state index in [0.717, 1.165) is 0 Å². The van der Waals surface area contributed by atoms with Crippen LogP contribution in [-0.2, 0) is 9.63 Å². The van der Waals surface area contributed by atoms with Crippen LogP contribution in [0.4, 0.5) is 0 Å². The van der Waals surface area contributed by atoms with Crippen molar-refractivity contribution in [2.24, 2.45) is 5.16 Å². The average molecular weight is 264 g/mol. The number of nitrogens with zero attached hydrogens (tertiary/aromatic N) is 1. The SMILES string of the molecule is CCON=C1C(Cl)=C(C)C=C(C(=O)O)C1Cl. The number of allylic oxidation sites excluding steroid dienone is 3. The maximum absolute atomic E-state index is 10.9. The van der Waals surface area contributed by atoms with Gasteiger partial charge < -0.3 is 9.94 Å². The molecule has 0 heterocycles. The van der Waals surface area contributed by atoms with E-state index in [4.69, 9.17) is 33.1 Å². The Hall–Kier alpha value is -1.00. The van der Waals surface area contributed by atoms with E-state index >= 15 is 0 Å². The van der Waals surface area contributed by atoms with Crippen molar-refractivity contribution >= 4 is 34.9 Å². The minimum Gasteiger partial charge on any atom is -0.478 e. The summed E-state index contributed by atoms with van der Waals surface area (Å²) in [6.45, 7) is 3.81. The Morgan fingerprint density at radius 2 is 2.31 bits per heavy atom. The number of hydrogen-bond acceptors (Lipinski definition) is 3. The molecular weight excluding hydrogens is 253 g/mol. The van der Waals surface area contributed by atoms with Gasteiger partial charge in [-0.3, -0.25) is 0 Å². The number of carboxylic acid groups (broad SMARTS) is 1. The normalized spacial score (nSPS) is 23.4. The summed E-state index contributed by atoms with van der Waals surface area (Å²) in [6, 6.07) is 0.